The molecule has 0 spiro atoms. The van der Waals surface area contributed by atoms with Crippen LogP contribution in [-0.2, 0) is 29.5 Å². The van der Waals surface area contributed by atoms with Gasteiger partial charge in [-0.15, -0.1) is 11.3 Å². The zero-order valence-corrected chi connectivity index (χ0v) is 13.5. The van der Waals surface area contributed by atoms with Crippen LogP contribution >= 0.6 is 11.3 Å². The number of hydrogen-bond acceptors (Lipinski definition) is 5. The molecule has 0 saturated heterocycles. The highest BCUT2D eigenvalue weighted by molar-refractivity contribution is 7.89. The van der Waals surface area contributed by atoms with Crippen LogP contribution in [0.5, 0.6) is 0 Å². The molecule has 0 atom stereocenters. The van der Waals surface area contributed by atoms with Crippen molar-refractivity contribution in [1.82, 2.24) is 9.62 Å². The summed E-state index contributed by atoms with van der Waals surface area (Å²) in [5, 5.41) is 5.17. The van der Waals surface area contributed by atoms with Gasteiger partial charge in [-0.2, -0.15) is 4.31 Å². The van der Waals surface area contributed by atoms with Crippen molar-refractivity contribution in [3.05, 3.63) is 39.8 Å². The minimum absolute atomic E-state index is 0.0362. The maximum absolute atomic E-state index is 12.6. The van der Waals surface area contributed by atoms with Gasteiger partial charge >= 0.3 is 0 Å². The number of sulfonamides is 1. The predicted molar refractivity (Wildman–Crippen MR) is 81.7 cm³/mol. The Hall–Kier alpha value is -1.15. The molecule has 1 aliphatic rings. The van der Waals surface area contributed by atoms with Crippen LogP contribution in [0.4, 0.5) is 0 Å². The molecule has 21 heavy (non-hydrogen) atoms. The number of furan rings is 1. The molecular weight excluding hydrogens is 308 g/mol. The fourth-order valence-corrected chi connectivity index (χ4v) is 4.63. The van der Waals surface area contributed by atoms with Gasteiger partial charge in [0.15, 0.2) is 0 Å². The van der Waals surface area contributed by atoms with Crippen LogP contribution < -0.4 is 5.32 Å². The zero-order valence-electron chi connectivity index (χ0n) is 11.8. The highest BCUT2D eigenvalue weighted by atomic mass is 32.2. The second-order valence-corrected chi connectivity index (χ2v) is 7.83. The Morgan fingerprint density at radius 1 is 1.38 bits per heavy atom. The van der Waals surface area contributed by atoms with Crippen LogP contribution in [0.2, 0.25) is 0 Å². The summed E-state index contributed by atoms with van der Waals surface area (Å²) in [5.74, 6) is 0.642. The number of hydrogen-bond donors (Lipinski definition) is 1. The molecule has 3 rings (SSSR count). The minimum Gasteiger partial charge on any atom is -0.447 e. The van der Waals surface area contributed by atoms with E-state index in [9.17, 15) is 8.42 Å². The lowest BCUT2D eigenvalue weighted by Crippen LogP contribution is -2.35. The molecule has 114 valence electrons. The van der Waals surface area contributed by atoms with E-state index in [-0.39, 0.29) is 5.09 Å². The molecular formula is C14H18N2O3S2. The van der Waals surface area contributed by atoms with Crippen molar-refractivity contribution < 1.29 is 12.8 Å². The molecule has 0 aromatic carbocycles. The Morgan fingerprint density at radius 3 is 3.05 bits per heavy atom. The first-order valence-corrected chi connectivity index (χ1v) is 9.28. The van der Waals surface area contributed by atoms with Gasteiger partial charge in [-0.05, 0) is 42.1 Å². The molecule has 0 unspecified atom stereocenters. The van der Waals surface area contributed by atoms with Crippen LogP contribution in [0, 0.1) is 0 Å². The van der Waals surface area contributed by atoms with Crippen molar-refractivity contribution in [2.24, 2.45) is 0 Å². The van der Waals surface area contributed by atoms with Gasteiger partial charge < -0.3 is 9.73 Å². The van der Waals surface area contributed by atoms with Crippen LogP contribution in [-0.4, -0.2) is 25.8 Å². The Labute approximate surface area is 128 Å². The van der Waals surface area contributed by atoms with Gasteiger partial charge in [-0.1, -0.05) is 6.92 Å². The normalized spacial score (nSPS) is 16.0. The molecule has 1 aliphatic heterocycles. The van der Waals surface area contributed by atoms with Crippen LogP contribution in [0.3, 0.4) is 0 Å². The largest absolute Gasteiger partial charge is 0.447 e. The third kappa shape index (κ3) is 2.91. The SMILES string of the molecule is CCNCc1ccc(S(=O)(=O)N2CCc3sccc3C2)o1. The maximum Gasteiger partial charge on any atom is 0.276 e. The molecule has 2 aromatic rings. The Kier molecular flexibility index (Phi) is 4.17. The summed E-state index contributed by atoms with van der Waals surface area (Å²) in [4.78, 5) is 1.29. The van der Waals surface area contributed by atoms with E-state index < -0.39 is 10.0 Å². The smallest absolute Gasteiger partial charge is 0.276 e. The molecule has 5 nitrogen and oxygen atoms in total. The van der Waals surface area contributed by atoms with Gasteiger partial charge in [0.05, 0.1) is 6.54 Å². The molecule has 3 heterocycles. The lowest BCUT2D eigenvalue weighted by atomic mass is 10.1. The third-order valence-electron chi connectivity index (χ3n) is 3.55. The highest BCUT2D eigenvalue weighted by Gasteiger charge is 2.31. The van der Waals surface area contributed by atoms with Crippen molar-refractivity contribution >= 4 is 21.4 Å². The van der Waals surface area contributed by atoms with E-state index in [1.54, 1.807) is 23.5 Å². The van der Waals surface area contributed by atoms with Crippen LogP contribution in [0.25, 0.3) is 0 Å². The first-order valence-electron chi connectivity index (χ1n) is 6.96. The summed E-state index contributed by atoms with van der Waals surface area (Å²) < 4.78 is 32.2. The van der Waals surface area contributed by atoms with Crippen molar-refractivity contribution in [2.45, 2.75) is 31.5 Å². The molecule has 0 bridgehead atoms. The summed E-state index contributed by atoms with van der Waals surface area (Å²) in [5.41, 5.74) is 1.11. The second kappa shape index (κ2) is 5.92. The average molecular weight is 326 g/mol. The number of rotatable bonds is 5. The number of thiophene rings is 1. The highest BCUT2D eigenvalue weighted by Crippen LogP contribution is 2.28. The first-order chi connectivity index (χ1) is 10.1. The van der Waals surface area contributed by atoms with Crippen LogP contribution in [0.1, 0.15) is 23.1 Å². The lowest BCUT2D eigenvalue weighted by molar-refractivity contribution is 0.354. The fraction of sp³-hybridized carbons (Fsp3) is 0.429. The summed E-state index contributed by atoms with van der Waals surface area (Å²) in [6, 6.07) is 5.26. The first kappa shape index (κ1) is 14.8. The molecule has 0 radical (unpaired) electrons. The quantitative estimate of drug-likeness (QED) is 0.915. The van der Waals surface area contributed by atoms with Crippen molar-refractivity contribution in [1.29, 1.82) is 0 Å². The summed E-state index contributed by atoms with van der Waals surface area (Å²) in [7, 11) is -3.54. The fourth-order valence-electron chi connectivity index (χ4n) is 2.40. The van der Waals surface area contributed by atoms with Gasteiger partial charge in [0.2, 0.25) is 5.09 Å². The summed E-state index contributed by atoms with van der Waals surface area (Å²) >= 11 is 1.69. The minimum atomic E-state index is -3.54. The van der Waals surface area contributed by atoms with Gasteiger partial charge in [0, 0.05) is 18.0 Å². The Balaban J connectivity index is 1.79. The topological polar surface area (TPSA) is 62.6 Å². The van der Waals surface area contributed by atoms with Gasteiger partial charge in [0.25, 0.3) is 10.0 Å². The molecule has 0 fully saturated rings. The number of nitrogens with zero attached hydrogens (tertiary/aromatic N) is 1. The summed E-state index contributed by atoms with van der Waals surface area (Å²) in [6.07, 6.45) is 0.775. The van der Waals surface area contributed by atoms with Crippen LogP contribution in [0.15, 0.2) is 33.1 Å². The van der Waals surface area contributed by atoms with E-state index in [0.29, 0.717) is 25.4 Å². The standard InChI is InChI=1S/C14H18N2O3S2/c1-2-15-9-12-3-4-14(19-12)21(17,18)16-7-5-13-11(10-16)6-8-20-13/h3-4,6,8,15H,2,5,7,9-10H2,1H3. The van der Waals surface area contributed by atoms with Gasteiger partial charge in [-0.3, -0.25) is 0 Å². The van der Waals surface area contributed by atoms with Crippen molar-refractivity contribution in [3.8, 4) is 0 Å². The Morgan fingerprint density at radius 2 is 2.24 bits per heavy atom. The van der Waals surface area contributed by atoms with E-state index in [1.165, 1.54) is 9.18 Å². The molecule has 0 aliphatic carbocycles. The van der Waals surface area contributed by atoms with E-state index in [2.05, 4.69) is 5.32 Å². The van der Waals surface area contributed by atoms with E-state index >= 15 is 0 Å². The molecule has 7 heteroatoms. The number of nitrogens with one attached hydrogen (secondary N) is 1. The summed E-state index contributed by atoms with van der Waals surface area (Å²) in [6.45, 7) is 4.30. The monoisotopic (exact) mass is 326 g/mol. The molecule has 2 aromatic heterocycles. The van der Waals surface area contributed by atoms with Gasteiger partial charge in [0.1, 0.15) is 5.76 Å². The lowest BCUT2D eigenvalue weighted by Gasteiger charge is -2.25. The molecule has 0 amide bonds. The second-order valence-electron chi connectivity index (χ2n) is 4.96. The van der Waals surface area contributed by atoms with Crippen molar-refractivity contribution in [2.75, 3.05) is 13.1 Å². The van der Waals surface area contributed by atoms with E-state index in [4.69, 9.17) is 4.42 Å². The average Bonchev–Trinajstić information content (AvgIpc) is 3.13. The predicted octanol–water partition coefficient (Wildman–Crippen LogP) is 2.20. The molecule has 1 N–H and O–H groups in total. The third-order valence-corrected chi connectivity index (χ3v) is 6.30. The van der Waals surface area contributed by atoms with Gasteiger partial charge in [-0.25, -0.2) is 8.42 Å². The van der Waals surface area contributed by atoms with E-state index in [0.717, 1.165) is 18.5 Å². The number of fused-ring (bicyclic) bond motifs is 1. The zero-order chi connectivity index (χ0) is 14.9. The van der Waals surface area contributed by atoms with E-state index in [1.807, 2.05) is 18.4 Å². The maximum atomic E-state index is 12.6. The molecule has 0 saturated carbocycles. The van der Waals surface area contributed by atoms with Crippen molar-refractivity contribution in [3.63, 3.8) is 0 Å². The Bertz CT molecular complexity index is 718.